The van der Waals surface area contributed by atoms with E-state index in [1.807, 2.05) is 31.2 Å². The first-order chi connectivity index (χ1) is 9.60. The van der Waals surface area contributed by atoms with Gasteiger partial charge < -0.3 is 10.1 Å². The van der Waals surface area contributed by atoms with Gasteiger partial charge in [0, 0.05) is 20.7 Å². The second-order valence-corrected chi connectivity index (χ2v) is 6.26. The topological polar surface area (TPSA) is 21.3 Å². The zero-order valence-electron chi connectivity index (χ0n) is 11.5. The minimum atomic E-state index is 0.225. The van der Waals surface area contributed by atoms with Crippen molar-refractivity contribution in [3.63, 3.8) is 0 Å². The Morgan fingerprint density at radius 2 is 1.80 bits per heavy atom. The fourth-order valence-corrected chi connectivity index (χ4v) is 3.10. The monoisotopic (exact) mass is 397 g/mol. The molecule has 0 amide bonds. The van der Waals surface area contributed by atoms with E-state index >= 15 is 0 Å². The molecule has 1 N–H and O–H groups in total. The largest absolute Gasteiger partial charge is 0.494 e. The Hall–Kier alpha value is -1.000. The second-order valence-electron chi connectivity index (χ2n) is 4.49. The van der Waals surface area contributed by atoms with Gasteiger partial charge in [0.15, 0.2) is 0 Å². The van der Waals surface area contributed by atoms with E-state index in [9.17, 15) is 0 Å². The standard InChI is InChI=1S/C16H17Br2NO/c1-3-20-14-7-4-12(5-8-14)11(2)19-16-9-6-13(17)10-15(16)18/h4-11,19H,3H2,1-2H3. The van der Waals surface area contributed by atoms with Crippen LogP contribution in [-0.2, 0) is 0 Å². The Balaban J connectivity index is 2.09. The molecular weight excluding hydrogens is 382 g/mol. The predicted molar refractivity (Wildman–Crippen MR) is 91.5 cm³/mol. The first kappa shape index (κ1) is 15.4. The van der Waals surface area contributed by atoms with Gasteiger partial charge in [0.25, 0.3) is 0 Å². The summed E-state index contributed by atoms with van der Waals surface area (Å²) in [4.78, 5) is 0. The van der Waals surface area contributed by atoms with Gasteiger partial charge >= 0.3 is 0 Å². The van der Waals surface area contributed by atoms with E-state index in [4.69, 9.17) is 4.74 Å². The summed E-state index contributed by atoms with van der Waals surface area (Å²) in [6.07, 6.45) is 0. The Morgan fingerprint density at radius 1 is 1.10 bits per heavy atom. The minimum Gasteiger partial charge on any atom is -0.494 e. The molecule has 20 heavy (non-hydrogen) atoms. The van der Waals surface area contributed by atoms with Gasteiger partial charge in [0.2, 0.25) is 0 Å². The summed E-state index contributed by atoms with van der Waals surface area (Å²) in [6, 6.07) is 14.5. The minimum absolute atomic E-state index is 0.225. The highest BCUT2D eigenvalue weighted by Crippen LogP contribution is 2.29. The molecule has 0 aliphatic rings. The smallest absolute Gasteiger partial charge is 0.119 e. The molecule has 2 rings (SSSR count). The lowest BCUT2D eigenvalue weighted by Crippen LogP contribution is -2.07. The quantitative estimate of drug-likeness (QED) is 0.688. The molecule has 0 aliphatic heterocycles. The number of hydrogen-bond donors (Lipinski definition) is 1. The maximum atomic E-state index is 5.46. The van der Waals surface area contributed by atoms with Gasteiger partial charge in [-0.15, -0.1) is 0 Å². The van der Waals surface area contributed by atoms with Crippen molar-refractivity contribution in [2.45, 2.75) is 19.9 Å². The average Bonchev–Trinajstić information content (AvgIpc) is 2.43. The highest BCUT2D eigenvalue weighted by Gasteiger charge is 2.08. The van der Waals surface area contributed by atoms with Gasteiger partial charge in [-0.3, -0.25) is 0 Å². The SMILES string of the molecule is CCOc1ccc(C(C)Nc2ccc(Br)cc2Br)cc1. The number of anilines is 1. The highest BCUT2D eigenvalue weighted by atomic mass is 79.9. The van der Waals surface area contributed by atoms with Crippen molar-refractivity contribution >= 4 is 37.5 Å². The molecule has 1 unspecified atom stereocenters. The molecule has 0 aromatic heterocycles. The van der Waals surface area contributed by atoms with Crippen molar-refractivity contribution in [1.82, 2.24) is 0 Å². The highest BCUT2D eigenvalue weighted by molar-refractivity contribution is 9.11. The van der Waals surface area contributed by atoms with E-state index in [1.165, 1.54) is 5.56 Å². The van der Waals surface area contributed by atoms with Crippen molar-refractivity contribution in [3.05, 3.63) is 57.0 Å². The van der Waals surface area contributed by atoms with E-state index in [2.05, 4.69) is 62.3 Å². The molecule has 0 bridgehead atoms. The Bertz CT molecular complexity index is 569. The van der Waals surface area contributed by atoms with Crippen LogP contribution in [0.5, 0.6) is 5.75 Å². The molecule has 0 radical (unpaired) electrons. The normalized spacial score (nSPS) is 12.0. The molecule has 2 aromatic rings. The third kappa shape index (κ3) is 4.00. The van der Waals surface area contributed by atoms with E-state index < -0.39 is 0 Å². The van der Waals surface area contributed by atoms with Gasteiger partial charge in [-0.25, -0.2) is 0 Å². The fraction of sp³-hybridized carbons (Fsp3) is 0.250. The van der Waals surface area contributed by atoms with Gasteiger partial charge in [-0.1, -0.05) is 28.1 Å². The number of rotatable bonds is 5. The van der Waals surface area contributed by atoms with Gasteiger partial charge in [0.05, 0.1) is 6.61 Å². The molecule has 106 valence electrons. The molecule has 0 saturated heterocycles. The van der Waals surface area contributed by atoms with Crippen molar-refractivity contribution < 1.29 is 4.74 Å². The Labute approximate surface area is 136 Å². The number of hydrogen-bond acceptors (Lipinski definition) is 2. The fourth-order valence-electron chi connectivity index (χ4n) is 1.94. The van der Waals surface area contributed by atoms with Crippen molar-refractivity contribution in [1.29, 1.82) is 0 Å². The van der Waals surface area contributed by atoms with Crippen LogP contribution in [0.4, 0.5) is 5.69 Å². The maximum Gasteiger partial charge on any atom is 0.119 e. The average molecular weight is 399 g/mol. The number of halogens is 2. The van der Waals surface area contributed by atoms with E-state index in [1.54, 1.807) is 0 Å². The van der Waals surface area contributed by atoms with Crippen molar-refractivity contribution in [2.75, 3.05) is 11.9 Å². The molecule has 1 atom stereocenters. The molecule has 2 aromatic carbocycles. The summed E-state index contributed by atoms with van der Waals surface area (Å²) in [5.41, 5.74) is 2.30. The van der Waals surface area contributed by atoms with E-state index in [0.717, 1.165) is 20.4 Å². The van der Waals surface area contributed by atoms with Crippen LogP contribution in [0.25, 0.3) is 0 Å². The molecule has 0 saturated carbocycles. The zero-order valence-corrected chi connectivity index (χ0v) is 14.7. The van der Waals surface area contributed by atoms with Crippen LogP contribution in [0.1, 0.15) is 25.5 Å². The lowest BCUT2D eigenvalue weighted by atomic mass is 10.1. The number of benzene rings is 2. The molecular formula is C16H17Br2NO. The van der Waals surface area contributed by atoms with Crippen LogP contribution in [-0.4, -0.2) is 6.61 Å². The first-order valence-corrected chi connectivity index (χ1v) is 8.13. The van der Waals surface area contributed by atoms with Crippen LogP contribution in [0.3, 0.4) is 0 Å². The summed E-state index contributed by atoms with van der Waals surface area (Å²) in [5.74, 6) is 0.910. The number of nitrogens with one attached hydrogen (secondary N) is 1. The molecule has 4 heteroatoms. The molecule has 2 nitrogen and oxygen atoms in total. The van der Waals surface area contributed by atoms with Crippen molar-refractivity contribution in [2.24, 2.45) is 0 Å². The summed E-state index contributed by atoms with van der Waals surface area (Å²) in [7, 11) is 0. The molecule has 0 spiro atoms. The lowest BCUT2D eigenvalue weighted by Gasteiger charge is -2.17. The zero-order chi connectivity index (χ0) is 14.5. The Morgan fingerprint density at radius 3 is 2.40 bits per heavy atom. The summed E-state index contributed by atoms with van der Waals surface area (Å²) in [6.45, 7) is 4.83. The van der Waals surface area contributed by atoms with Crippen LogP contribution in [0.2, 0.25) is 0 Å². The van der Waals surface area contributed by atoms with Crippen LogP contribution in [0, 0.1) is 0 Å². The van der Waals surface area contributed by atoms with Crippen LogP contribution < -0.4 is 10.1 Å². The van der Waals surface area contributed by atoms with Gasteiger partial charge in [0.1, 0.15) is 5.75 Å². The molecule has 0 heterocycles. The van der Waals surface area contributed by atoms with Crippen molar-refractivity contribution in [3.8, 4) is 5.75 Å². The third-order valence-electron chi connectivity index (χ3n) is 2.99. The third-order valence-corrected chi connectivity index (χ3v) is 4.14. The molecule has 0 aliphatic carbocycles. The van der Waals surface area contributed by atoms with Gasteiger partial charge in [-0.2, -0.15) is 0 Å². The van der Waals surface area contributed by atoms with Crippen LogP contribution in [0.15, 0.2) is 51.4 Å². The predicted octanol–water partition coefficient (Wildman–Crippen LogP) is 5.78. The maximum absolute atomic E-state index is 5.46. The molecule has 0 fully saturated rings. The van der Waals surface area contributed by atoms with Gasteiger partial charge in [-0.05, 0) is 65.7 Å². The van der Waals surface area contributed by atoms with E-state index in [-0.39, 0.29) is 6.04 Å². The summed E-state index contributed by atoms with van der Waals surface area (Å²) >= 11 is 7.03. The van der Waals surface area contributed by atoms with Crippen LogP contribution >= 0.6 is 31.9 Å². The lowest BCUT2D eigenvalue weighted by molar-refractivity contribution is 0.340. The summed E-state index contributed by atoms with van der Waals surface area (Å²) in [5, 5.41) is 3.50. The summed E-state index contributed by atoms with van der Waals surface area (Å²) < 4.78 is 7.56. The first-order valence-electron chi connectivity index (χ1n) is 6.54. The number of ether oxygens (including phenoxy) is 1. The van der Waals surface area contributed by atoms with E-state index in [0.29, 0.717) is 6.61 Å². The Kier molecular flexibility index (Phi) is 5.49. The second kappa shape index (κ2) is 7.14.